The SMILES string of the molecule is O=C(c1cnc2ccccc2c1)c1cccnc1Cl. The highest BCUT2D eigenvalue weighted by Crippen LogP contribution is 2.19. The lowest BCUT2D eigenvalue weighted by Gasteiger charge is -2.03. The van der Waals surface area contributed by atoms with Crippen LogP contribution in [0.5, 0.6) is 0 Å². The molecule has 0 saturated carbocycles. The van der Waals surface area contributed by atoms with Crippen molar-refractivity contribution in [2.75, 3.05) is 0 Å². The Hall–Kier alpha value is -2.26. The fraction of sp³-hybridized carbons (Fsp3) is 0. The predicted molar refractivity (Wildman–Crippen MR) is 74.4 cm³/mol. The number of nitrogens with zero attached hydrogens (tertiary/aromatic N) is 2. The summed E-state index contributed by atoms with van der Waals surface area (Å²) in [5.41, 5.74) is 1.76. The Bertz CT molecular complexity index is 771. The summed E-state index contributed by atoms with van der Waals surface area (Å²) in [6, 6.07) is 12.8. The first kappa shape index (κ1) is 11.8. The van der Waals surface area contributed by atoms with Gasteiger partial charge in [0.25, 0.3) is 0 Å². The van der Waals surface area contributed by atoms with Gasteiger partial charge in [0.15, 0.2) is 5.78 Å². The van der Waals surface area contributed by atoms with Gasteiger partial charge >= 0.3 is 0 Å². The molecule has 92 valence electrons. The zero-order valence-electron chi connectivity index (χ0n) is 9.88. The largest absolute Gasteiger partial charge is 0.288 e. The quantitative estimate of drug-likeness (QED) is 0.528. The number of fused-ring (bicyclic) bond motifs is 1. The minimum absolute atomic E-state index is 0.170. The molecule has 0 fully saturated rings. The maximum absolute atomic E-state index is 12.3. The number of benzene rings is 1. The molecule has 0 aliphatic rings. The van der Waals surface area contributed by atoms with Gasteiger partial charge in [0.2, 0.25) is 0 Å². The van der Waals surface area contributed by atoms with Crippen LogP contribution in [-0.4, -0.2) is 15.8 Å². The molecule has 0 saturated heterocycles. The lowest BCUT2D eigenvalue weighted by atomic mass is 10.0. The minimum Gasteiger partial charge on any atom is -0.288 e. The Kier molecular flexibility index (Phi) is 2.97. The fourth-order valence-electron chi connectivity index (χ4n) is 1.91. The highest BCUT2D eigenvalue weighted by atomic mass is 35.5. The zero-order chi connectivity index (χ0) is 13.2. The molecular formula is C15H9ClN2O. The van der Waals surface area contributed by atoms with Gasteiger partial charge < -0.3 is 0 Å². The maximum Gasteiger partial charge on any atom is 0.197 e. The van der Waals surface area contributed by atoms with Gasteiger partial charge in [0.1, 0.15) is 5.15 Å². The number of ketones is 1. The van der Waals surface area contributed by atoms with E-state index in [9.17, 15) is 4.79 Å². The van der Waals surface area contributed by atoms with Crippen LogP contribution in [-0.2, 0) is 0 Å². The average molecular weight is 269 g/mol. The normalized spacial score (nSPS) is 10.6. The summed E-state index contributed by atoms with van der Waals surface area (Å²) in [6.45, 7) is 0. The van der Waals surface area contributed by atoms with Gasteiger partial charge in [-0.3, -0.25) is 9.78 Å². The Morgan fingerprint density at radius 3 is 2.74 bits per heavy atom. The van der Waals surface area contributed by atoms with E-state index in [1.54, 1.807) is 24.5 Å². The van der Waals surface area contributed by atoms with Crippen LogP contribution in [0.3, 0.4) is 0 Å². The Morgan fingerprint density at radius 1 is 1.05 bits per heavy atom. The second-order valence-corrected chi connectivity index (χ2v) is 4.45. The molecular weight excluding hydrogens is 260 g/mol. The van der Waals surface area contributed by atoms with Crippen molar-refractivity contribution in [1.82, 2.24) is 9.97 Å². The predicted octanol–water partition coefficient (Wildman–Crippen LogP) is 3.51. The van der Waals surface area contributed by atoms with Gasteiger partial charge in [0, 0.05) is 23.3 Å². The van der Waals surface area contributed by atoms with Crippen molar-refractivity contribution < 1.29 is 4.79 Å². The number of halogens is 1. The molecule has 2 heterocycles. The number of hydrogen-bond acceptors (Lipinski definition) is 3. The van der Waals surface area contributed by atoms with Gasteiger partial charge in [-0.2, -0.15) is 0 Å². The van der Waals surface area contributed by atoms with Crippen molar-refractivity contribution in [2.45, 2.75) is 0 Å². The van der Waals surface area contributed by atoms with Crippen molar-refractivity contribution in [3.63, 3.8) is 0 Å². The molecule has 0 unspecified atom stereocenters. The lowest BCUT2D eigenvalue weighted by molar-refractivity contribution is 0.103. The zero-order valence-corrected chi connectivity index (χ0v) is 10.6. The second kappa shape index (κ2) is 4.78. The van der Waals surface area contributed by atoms with Crippen molar-refractivity contribution in [3.05, 3.63) is 71.1 Å². The van der Waals surface area contributed by atoms with Gasteiger partial charge in [-0.25, -0.2) is 4.98 Å². The van der Waals surface area contributed by atoms with Crippen molar-refractivity contribution in [2.24, 2.45) is 0 Å². The lowest BCUT2D eigenvalue weighted by Crippen LogP contribution is -2.03. The van der Waals surface area contributed by atoms with Gasteiger partial charge in [-0.15, -0.1) is 0 Å². The third-order valence-electron chi connectivity index (χ3n) is 2.86. The maximum atomic E-state index is 12.3. The molecule has 4 heteroatoms. The highest BCUT2D eigenvalue weighted by Gasteiger charge is 2.13. The first-order chi connectivity index (χ1) is 9.25. The summed E-state index contributed by atoms with van der Waals surface area (Å²) >= 11 is 5.93. The summed E-state index contributed by atoms with van der Waals surface area (Å²) in [7, 11) is 0. The van der Waals surface area contributed by atoms with Crippen LogP contribution in [0.15, 0.2) is 54.9 Å². The Morgan fingerprint density at radius 2 is 1.89 bits per heavy atom. The number of hydrogen-bond donors (Lipinski definition) is 0. The summed E-state index contributed by atoms with van der Waals surface area (Å²) < 4.78 is 0. The molecule has 2 aromatic heterocycles. The first-order valence-corrected chi connectivity index (χ1v) is 6.13. The van der Waals surface area contributed by atoms with Crippen LogP contribution < -0.4 is 0 Å². The minimum atomic E-state index is -0.170. The molecule has 0 N–H and O–H groups in total. The van der Waals surface area contributed by atoms with Crippen molar-refractivity contribution in [1.29, 1.82) is 0 Å². The summed E-state index contributed by atoms with van der Waals surface area (Å²) in [6.07, 6.45) is 3.12. The number of rotatable bonds is 2. The summed E-state index contributed by atoms with van der Waals surface area (Å²) in [5.74, 6) is -0.170. The van der Waals surface area contributed by atoms with E-state index in [2.05, 4.69) is 9.97 Å². The Labute approximate surface area is 114 Å². The van der Waals surface area contributed by atoms with Crippen molar-refractivity contribution >= 4 is 28.3 Å². The molecule has 0 bridgehead atoms. The molecule has 1 aromatic carbocycles. The number of pyridine rings is 2. The average Bonchev–Trinajstić information content (AvgIpc) is 2.46. The van der Waals surface area contributed by atoms with Crippen LogP contribution >= 0.6 is 11.6 Å². The van der Waals surface area contributed by atoms with E-state index in [1.165, 1.54) is 0 Å². The third kappa shape index (κ3) is 2.20. The molecule has 0 amide bonds. The monoisotopic (exact) mass is 268 g/mol. The van der Waals surface area contributed by atoms with Crippen LogP contribution in [0.25, 0.3) is 10.9 Å². The fourth-order valence-corrected chi connectivity index (χ4v) is 2.11. The molecule has 0 aliphatic carbocycles. The van der Waals surface area contributed by atoms with Crippen LogP contribution in [0.1, 0.15) is 15.9 Å². The van der Waals surface area contributed by atoms with E-state index in [0.29, 0.717) is 11.1 Å². The van der Waals surface area contributed by atoms with E-state index in [1.807, 2.05) is 30.3 Å². The van der Waals surface area contributed by atoms with Crippen LogP contribution in [0.4, 0.5) is 0 Å². The standard InChI is InChI=1S/C15H9ClN2O/c16-15-12(5-3-7-17-15)14(19)11-8-10-4-1-2-6-13(10)18-9-11/h1-9H. The smallest absolute Gasteiger partial charge is 0.197 e. The van der Waals surface area contributed by atoms with Crippen LogP contribution in [0, 0.1) is 0 Å². The number of carbonyl (C=O) groups excluding carboxylic acids is 1. The third-order valence-corrected chi connectivity index (χ3v) is 3.16. The molecule has 19 heavy (non-hydrogen) atoms. The molecule has 0 radical (unpaired) electrons. The van der Waals surface area contributed by atoms with Gasteiger partial charge in [0.05, 0.1) is 11.1 Å². The number of aromatic nitrogens is 2. The molecule has 0 aliphatic heterocycles. The van der Waals surface area contributed by atoms with E-state index in [-0.39, 0.29) is 10.9 Å². The van der Waals surface area contributed by atoms with E-state index in [4.69, 9.17) is 11.6 Å². The molecule has 3 rings (SSSR count). The van der Waals surface area contributed by atoms with E-state index >= 15 is 0 Å². The van der Waals surface area contributed by atoms with E-state index < -0.39 is 0 Å². The number of carbonyl (C=O) groups is 1. The van der Waals surface area contributed by atoms with Gasteiger partial charge in [-0.1, -0.05) is 29.8 Å². The molecule has 0 atom stereocenters. The summed E-state index contributed by atoms with van der Waals surface area (Å²) in [5, 5.41) is 1.13. The van der Waals surface area contributed by atoms with Gasteiger partial charge in [-0.05, 0) is 24.3 Å². The van der Waals surface area contributed by atoms with Crippen molar-refractivity contribution in [3.8, 4) is 0 Å². The second-order valence-electron chi connectivity index (χ2n) is 4.09. The van der Waals surface area contributed by atoms with Crippen LogP contribution in [0.2, 0.25) is 5.15 Å². The molecule has 3 nitrogen and oxygen atoms in total. The molecule has 0 spiro atoms. The summed E-state index contributed by atoms with van der Waals surface area (Å²) in [4.78, 5) is 20.5. The number of para-hydroxylation sites is 1. The first-order valence-electron chi connectivity index (χ1n) is 5.76. The molecule has 3 aromatic rings. The Balaban J connectivity index is 2.09. The van der Waals surface area contributed by atoms with E-state index in [0.717, 1.165) is 10.9 Å². The highest BCUT2D eigenvalue weighted by molar-refractivity contribution is 6.33. The topological polar surface area (TPSA) is 42.9 Å².